The van der Waals surface area contributed by atoms with Gasteiger partial charge in [0.15, 0.2) is 0 Å². The van der Waals surface area contributed by atoms with Crippen LogP contribution in [0.5, 0.6) is 0 Å². The van der Waals surface area contributed by atoms with Gasteiger partial charge in [-0.25, -0.2) is 0 Å². The highest BCUT2D eigenvalue weighted by molar-refractivity contribution is 6.09. The minimum Gasteiger partial charge on any atom is -0.376 e. The molecule has 140 valence electrons. The van der Waals surface area contributed by atoms with E-state index in [1.807, 2.05) is 0 Å². The Balaban J connectivity index is 1.71. The number of benzene rings is 2. The summed E-state index contributed by atoms with van der Waals surface area (Å²) in [4.78, 5) is 35.2. The van der Waals surface area contributed by atoms with E-state index in [1.165, 1.54) is 24.3 Å². The van der Waals surface area contributed by atoms with Crippen LogP contribution in [0.15, 0.2) is 48.5 Å². The molecule has 1 aliphatic rings. The van der Waals surface area contributed by atoms with Crippen molar-refractivity contribution >= 4 is 23.2 Å². The van der Waals surface area contributed by atoms with Crippen LogP contribution in [0.3, 0.4) is 0 Å². The van der Waals surface area contributed by atoms with Crippen molar-refractivity contribution < 1.29 is 19.2 Å². The quantitative estimate of drug-likeness (QED) is 0.601. The smallest absolute Gasteiger partial charge is 0.270 e. The van der Waals surface area contributed by atoms with Gasteiger partial charge in [0.2, 0.25) is 0 Å². The number of para-hydroxylation sites is 1. The Morgan fingerprint density at radius 2 is 1.96 bits per heavy atom. The minimum absolute atomic E-state index is 0.0144. The number of hydrogen-bond acceptors (Lipinski definition) is 5. The number of carbonyl (C=O) groups excluding carboxylic acids is 2. The first-order chi connectivity index (χ1) is 13.0. The third-order valence-electron chi connectivity index (χ3n) is 4.25. The molecule has 0 radical (unpaired) electrons. The summed E-state index contributed by atoms with van der Waals surface area (Å²) in [6.07, 6.45) is 1.91. The van der Waals surface area contributed by atoms with Crippen LogP contribution in [-0.2, 0) is 4.74 Å². The summed E-state index contributed by atoms with van der Waals surface area (Å²) < 4.78 is 5.48. The van der Waals surface area contributed by atoms with E-state index in [1.54, 1.807) is 24.3 Å². The van der Waals surface area contributed by atoms with Crippen LogP contribution < -0.4 is 10.6 Å². The van der Waals surface area contributed by atoms with Crippen LogP contribution in [-0.4, -0.2) is 36.0 Å². The molecule has 1 heterocycles. The first-order valence-corrected chi connectivity index (χ1v) is 8.59. The van der Waals surface area contributed by atoms with Gasteiger partial charge >= 0.3 is 0 Å². The number of nitrogens with zero attached hydrogens (tertiary/aromatic N) is 1. The van der Waals surface area contributed by atoms with E-state index >= 15 is 0 Å². The number of non-ortho nitro benzene ring substituents is 1. The molecular formula is C19H19N3O5. The SMILES string of the molecule is O=C(Nc1ccccc1C(=O)NC[C@H]1CCCO1)c1cccc([N+](=O)[O-])c1. The van der Waals surface area contributed by atoms with Crippen molar-refractivity contribution in [1.29, 1.82) is 0 Å². The van der Waals surface area contributed by atoms with Crippen LogP contribution in [0.1, 0.15) is 33.6 Å². The lowest BCUT2D eigenvalue weighted by Gasteiger charge is -2.13. The van der Waals surface area contributed by atoms with E-state index < -0.39 is 10.8 Å². The molecule has 27 heavy (non-hydrogen) atoms. The second-order valence-corrected chi connectivity index (χ2v) is 6.15. The molecule has 0 aromatic heterocycles. The van der Waals surface area contributed by atoms with Gasteiger partial charge in [-0.1, -0.05) is 18.2 Å². The minimum atomic E-state index is -0.566. The van der Waals surface area contributed by atoms with Crippen LogP contribution in [0.25, 0.3) is 0 Å². The van der Waals surface area contributed by atoms with Gasteiger partial charge in [0.25, 0.3) is 17.5 Å². The van der Waals surface area contributed by atoms with Crippen molar-refractivity contribution in [2.45, 2.75) is 18.9 Å². The molecule has 2 aromatic rings. The van der Waals surface area contributed by atoms with Gasteiger partial charge in [-0.15, -0.1) is 0 Å². The first kappa shape index (κ1) is 18.5. The third-order valence-corrected chi connectivity index (χ3v) is 4.25. The maximum absolute atomic E-state index is 12.5. The number of nitro benzene ring substituents is 1. The van der Waals surface area contributed by atoms with Crippen LogP contribution in [0.4, 0.5) is 11.4 Å². The van der Waals surface area contributed by atoms with E-state index in [-0.39, 0.29) is 23.3 Å². The van der Waals surface area contributed by atoms with Gasteiger partial charge < -0.3 is 15.4 Å². The van der Waals surface area contributed by atoms with Crippen molar-refractivity contribution in [3.63, 3.8) is 0 Å². The zero-order valence-electron chi connectivity index (χ0n) is 14.5. The van der Waals surface area contributed by atoms with Crippen molar-refractivity contribution in [3.8, 4) is 0 Å². The van der Waals surface area contributed by atoms with Gasteiger partial charge in [-0.05, 0) is 31.0 Å². The van der Waals surface area contributed by atoms with Gasteiger partial charge in [-0.2, -0.15) is 0 Å². The zero-order chi connectivity index (χ0) is 19.2. The molecule has 2 amide bonds. The van der Waals surface area contributed by atoms with Crippen LogP contribution >= 0.6 is 0 Å². The second kappa shape index (κ2) is 8.41. The molecular weight excluding hydrogens is 350 g/mol. The maximum Gasteiger partial charge on any atom is 0.270 e. The number of anilines is 1. The molecule has 2 aromatic carbocycles. The largest absolute Gasteiger partial charge is 0.376 e. The van der Waals surface area contributed by atoms with Crippen molar-refractivity contribution in [2.75, 3.05) is 18.5 Å². The Morgan fingerprint density at radius 1 is 1.15 bits per heavy atom. The molecule has 8 heteroatoms. The van der Waals surface area contributed by atoms with Crippen molar-refractivity contribution in [1.82, 2.24) is 5.32 Å². The number of hydrogen-bond donors (Lipinski definition) is 2. The lowest BCUT2D eigenvalue weighted by atomic mass is 10.1. The fourth-order valence-electron chi connectivity index (χ4n) is 2.85. The summed E-state index contributed by atoms with van der Waals surface area (Å²) in [5.74, 6) is -0.849. The topological polar surface area (TPSA) is 111 Å². The van der Waals surface area contributed by atoms with Gasteiger partial charge in [0, 0.05) is 30.8 Å². The van der Waals surface area contributed by atoms with Gasteiger partial charge in [-0.3, -0.25) is 19.7 Å². The van der Waals surface area contributed by atoms with Crippen molar-refractivity contribution in [3.05, 3.63) is 69.8 Å². The van der Waals surface area contributed by atoms with E-state index in [0.717, 1.165) is 12.8 Å². The molecule has 1 saturated heterocycles. The molecule has 0 spiro atoms. The summed E-state index contributed by atoms with van der Waals surface area (Å²) in [6, 6.07) is 12.0. The van der Waals surface area contributed by atoms with E-state index in [9.17, 15) is 19.7 Å². The molecule has 0 aliphatic carbocycles. The fourth-order valence-corrected chi connectivity index (χ4v) is 2.85. The van der Waals surface area contributed by atoms with E-state index in [2.05, 4.69) is 10.6 Å². The average Bonchev–Trinajstić information content (AvgIpc) is 3.20. The lowest BCUT2D eigenvalue weighted by molar-refractivity contribution is -0.384. The number of nitro groups is 1. The Bertz CT molecular complexity index is 862. The molecule has 3 rings (SSSR count). The summed E-state index contributed by atoms with van der Waals surface area (Å²) in [7, 11) is 0. The molecule has 1 atom stereocenters. The Morgan fingerprint density at radius 3 is 2.70 bits per heavy atom. The highest BCUT2D eigenvalue weighted by atomic mass is 16.6. The number of rotatable bonds is 6. The second-order valence-electron chi connectivity index (χ2n) is 6.15. The number of nitrogens with one attached hydrogen (secondary N) is 2. The molecule has 0 bridgehead atoms. The third kappa shape index (κ3) is 4.68. The highest BCUT2D eigenvalue weighted by Crippen LogP contribution is 2.19. The highest BCUT2D eigenvalue weighted by Gasteiger charge is 2.19. The Kier molecular flexibility index (Phi) is 5.77. The average molecular weight is 369 g/mol. The molecule has 0 saturated carbocycles. The zero-order valence-corrected chi connectivity index (χ0v) is 14.5. The molecule has 1 fully saturated rings. The summed E-state index contributed by atoms with van der Waals surface area (Å²) in [6.45, 7) is 1.11. The molecule has 2 N–H and O–H groups in total. The van der Waals surface area contributed by atoms with E-state index in [4.69, 9.17) is 4.74 Å². The van der Waals surface area contributed by atoms with Crippen LogP contribution in [0.2, 0.25) is 0 Å². The Labute approximate surface area is 155 Å². The summed E-state index contributed by atoms with van der Waals surface area (Å²) in [5.41, 5.74) is 0.608. The van der Waals surface area contributed by atoms with Gasteiger partial charge in [0.05, 0.1) is 22.3 Å². The standard InChI is InChI=1S/C19H19N3O5/c23-18(13-5-3-6-14(11-13)22(25)26)21-17-9-2-1-8-16(17)19(24)20-12-15-7-4-10-27-15/h1-3,5-6,8-9,11,15H,4,7,10,12H2,(H,20,24)(H,21,23)/t15-/m1/s1. The number of amides is 2. The molecule has 0 unspecified atom stereocenters. The lowest BCUT2D eigenvalue weighted by Crippen LogP contribution is -2.32. The summed E-state index contributed by atoms with van der Waals surface area (Å²) in [5, 5.41) is 16.3. The van der Waals surface area contributed by atoms with E-state index in [0.29, 0.717) is 24.4 Å². The first-order valence-electron chi connectivity index (χ1n) is 8.59. The maximum atomic E-state index is 12.5. The summed E-state index contributed by atoms with van der Waals surface area (Å²) >= 11 is 0. The molecule has 8 nitrogen and oxygen atoms in total. The monoisotopic (exact) mass is 369 g/mol. The van der Waals surface area contributed by atoms with Crippen LogP contribution in [0, 0.1) is 10.1 Å². The number of carbonyl (C=O) groups is 2. The predicted molar refractivity (Wildman–Crippen MR) is 98.8 cm³/mol. The normalized spacial score (nSPS) is 15.9. The predicted octanol–water partition coefficient (Wildman–Crippen LogP) is 2.76. The molecule has 1 aliphatic heterocycles. The number of ether oxygens (including phenoxy) is 1. The fraction of sp³-hybridized carbons (Fsp3) is 0.263. The Hall–Kier alpha value is -3.26. The van der Waals surface area contributed by atoms with Crippen molar-refractivity contribution in [2.24, 2.45) is 0 Å². The van der Waals surface area contributed by atoms with Gasteiger partial charge in [0.1, 0.15) is 0 Å².